The zero-order valence-corrected chi connectivity index (χ0v) is 9.36. The highest BCUT2D eigenvalue weighted by molar-refractivity contribution is 5.55. The van der Waals surface area contributed by atoms with Gasteiger partial charge in [0.1, 0.15) is 6.33 Å². The van der Waals surface area contributed by atoms with E-state index in [1.165, 1.54) is 13.4 Å². The van der Waals surface area contributed by atoms with Gasteiger partial charge in [0, 0.05) is 0 Å². The summed E-state index contributed by atoms with van der Waals surface area (Å²) in [6.45, 7) is 4.08. The van der Waals surface area contributed by atoms with Crippen molar-refractivity contribution in [3.05, 3.63) is 6.33 Å². The molecule has 0 aliphatic heterocycles. The van der Waals surface area contributed by atoms with Crippen molar-refractivity contribution in [2.24, 2.45) is 0 Å². The zero-order chi connectivity index (χ0) is 11.3. The molecule has 5 heteroatoms. The highest BCUT2D eigenvalue weighted by atomic mass is 16.5. The smallest absolute Gasteiger partial charge is 0.244 e. The standard InChI is InChI=1S/C10H17N3O2/c1-4-5-7(2)15-10-8(11)9(14-3)12-6-13-10/h6-7H,4-5,11H2,1-3H3. The van der Waals surface area contributed by atoms with Gasteiger partial charge in [0.2, 0.25) is 11.8 Å². The Morgan fingerprint density at radius 3 is 2.67 bits per heavy atom. The van der Waals surface area contributed by atoms with E-state index in [-0.39, 0.29) is 6.10 Å². The van der Waals surface area contributed by atoms with Gasteiger partial charge < -0.3 is 15.2 Å². The Balaban J connectivity index is 2.76. The lowest BCUT2D eigenvalue weighted by molar-refractivity contribution is 0.201. The fourth-order valence-corrected chi connectivity index (χ4v) is 1.28. The van der Waals surface area contributed by atoms with Crippen molar-refractivity contribution in [2.75, 3.05) is 12.8 Å². The maximum atomic E-state index is 5.76. The molecule has 0 spiro atoms. The normalized spacial score (nSPS) is 12.2. The Labute approximate surface area is 89.6 Å². The van der Waals surface area contributed by atoms with Crippen molar-refractivity contribution in [1.29, 1.82) is 0 Å². The van der Waals surface area contributed by atoms with E-state index in [1.807, 2.05) is 6.92 Å². The van der Waals surface area contributed by atoms with Crippen molar-refractivity contribution >= 4 is 5.69 Å². The number of rotatable bonds is 5. The average Bonchev–Trinajstić information content (AvgIpc) is 2.21. The van der Waals surface area contributed by atoms with Crippen molar-refractivity contribution in [2.45, 2.75) is 32.8 Å². The van der Waals surface area contributed by atoms with Gasteiger partial charge in [-0.25, -0.2) is 0 Å². The number of aromatic nitrogens is 2. The number of ether oxygens (including phenoxy) is 2. The molecule has 1 heterocycles. The van der Waals surface area contributed by atoms with Gasteiger partial charge in [-0.05, 0) is 13.3 Å². The van der Waals surface area contributed by atoms with Crippen LogP contribution < -0.4 is 15.2 Å². The molecule has 1 aromatic heterocycles. The summed E-state index contributed by atoms with van der Waals surface area (Å²) in [5.41, 5.74) is 6.11. The van der Waals surface area contributed by atoms with E-state index >= 15 is 0 Å². The third-order valence-electron chi connectivity index (χ3n) is 2.01. The van der Waals surface area contributed by atoms with Crippen LogP contribution >= 0.6 is 0 Å². The highest BCUT2D eigenvalue weighted by Crippen LogP contribution is 2.27. The second-order valence-electron chi connectivity index (χ2n) is 3.32. The molecule has 0 aliphatic rings. The maximum Gasteiger partial charge on any atom is 0.244 e. The molecular formula is C10H17N3O2. The lowest BCUT2D eigenvalue weighted by Gasteiger charge is -2.14. The van der Waals surface area contributed by atoms with E-state index in [4.69, 9.17) is 15.2 Å². The van der Waals surface area contributed by atoms with Crippen LogP contribution in [0.25, 0.3) is 0 Å². The van der Waals surface area contributed by atoms with E-state index in [1.54, 1.807) is 0 Å². The van der Waals surface area contributed by atoms with Crippen LogP contribution in [0.1, 0.15) is 26.7 Å². The molecule has 0 bridgehead atoms. The number of nitrogen functional groups attached to an aromatic ring is 1. The Bertz CT molecular complexity index is 318. The molecule has 1 aromatic rings. The molecular weight excluding hydrogens is 194 g/mol. The first kappa shape index (κ1) is 11.6. The molecule has 0 saturated carbocycles. The fraction of sp³-hybridized carbons (Fsp3) is 0.600. The Hall–Kier alpha value is -1.52. The molecule has 0 saturated heterocycles. The fourth-order valence-electron chi connectivity index (χ4n) is 1.28. The molecule has 0 radical (unpaired) electrons. The van der Waals surface area contributed by atoms with Crippen molar-refractivity contribution in [1.82, 2.24) is 9.97 Å². The van der Waals surface area contributed by atoms with Crippen LogP contribution in [0.5, 0.6) is 11.8 Å². The Morgan fingerprint density at radius 2 is 2.07 bits per heavy atom. The van der Waals surface area contributed by atoms with Crippen LogP contribution in [0.3, 0.4) is 0 Å². The first-order valence-electron chi connectivity index (χ1n) is 5.00. The van der Waals surface area contributed by atoms with Crippen LogP contribution in [-0.4, -0.2) is 23.2 Å². The quantitative estimate of drug-likeness (QED) is 0.801. The summed E-state index contributed by atoms with van der Waals surface area (Å²) in [5.74, 6) is 0.742. The highest BCUT2D eigenvalue weighted by Gasteiger charge is 2.12. The number of methoxy groups -OCH3 is 1. The SMILES string of the molecule is CCCC(C)Oc1ncnc(OC)c1N. The van der Waals surface area contributed by atoms with Crippen LogP contribution in [0, 0.1) is 0 Å². The minimum Gasteiger partial charge on any atom is -0.479 e. The molecule has 84 valence electrons. The molecule has 1 unspecified atom stereocenters. The molecule has 15 heavy (non-hydrogen) atoms. The van der Waals surface area contributed by atoms with Gasteiger partial charge in [-0.15, -0.1) is 0 Å². The Morgan fingerprint density at radius 1 is 1.40 bits per heavy atom. The van der Waals surface area contributed by atoms with Gasteiger partial charge in [-0.1, -0.05) is 13.3 Å². The summed E-state index contributed by atoms with van der Waals surface area (Å²) in [4.78, 5) is 7.84. The van der Waals surface area contributed by atoms with Gasteiger partial charge in [0.25, 0.3) is 0 Å². The van der Waals surface area contributed by atoms with Crippen molar-refractivity contribution < 1.29 is 9.47 Å². The first-order chi connectivity index (χ1) is 7.19. The molecule has 0 aliphatic carbocycles. The van der Waals surface area contributed by atoms with Gasteiger partial charge in [-0.3, -0.25) is 0 Å². The molecule has 5 nitrogen and oxygen atoms in total. The third kappa shape index (κ3) is 2.97. The number of anilines is 1. The summed E-state index contributed by atoms with van der Waals surface area (Å²) in [6, 6.07) is 0. The first-order valence-corrected chi connectivity index (χ1v) is 5.00. The third-order valence-corrected chi connectivity index (χ3v) is 2.01. The van der Waals surface area contributed by atoms with Crippen LogP contribution in [0.15, 0.2) is 6.33 Å². The summed E-state index contributed by atoms with van der Waals surface area (Å²) >= 11 is 0. The van der Waals surface area contributed by atoms with E-state index in [0.29, 0.717) is 17.4 Å². The van der Waals surface area contributed by atoms with Gasteiger partial charge in [0.05, 0.1) is 13.2 Å². The van der Waals surface area contributed by atoms with E-state index < -0.39 is 0 Å². The second kappa shape index (κ2) is 5.38. The molecule has 0 fully saturated rings. The lowest BCUT2D eigenvalue weighted by Crippen LogP contribution is -2.13. The summed E-state index contributed by atoms with van der Waals surface area (Å²) in [6.07, 6.45) is 3.50. The molecule has 0 amide bonds. The van der Waals surface area contributed by atoms with E-state index in [9.17, 15) is 0 Å². The molecule has 2 N–H and O–H groups in total. The van der Waals surface area contributed by atoms with Crippen molar-refractivity contribution in [3.8, 4) is 11.8 Å². The van der Waals surface area contributed by atoms with Gasteiger partial charge in [0.15, 0.2) is 5.69 Å². The molecule has 0 aromatic carbocycles. The summed E-state index contributed by atoms with van der Waals surface area (Å²) in [7, 11) is 1.51. The van der Waals surface area contributed by atoms with E-state index in [0.717, 1.165) is 12.8 Å². The summed E-state index contributed by atoms with van der Waals surface area (Å²) < 4.78 is 10.5. The van der Waals surface area contributed by atoms with Crippen LogP contribution in [-0.2, 0) is 0 Å². The van der Waals surface area contributed by atoms with Gasteiger partial charge in [-0.2, -0.15) is 9.97 Å². The van der Waals surface area contributed by atoms with Crippen molar-refractivity contribution in [3.63, 3.8) is 0 Å². The average molecular weight is 211 g/mol. The number of nitrogens with zero attached hydrogens (tertiary/aromatic N) is 2. The summed E-state index contributed by atoms with van der Waals surface area (Å²) in [5, 5.41) is 0. The van der Waals surface area contributed by atoms with E-state index in [2.05, 4.69) is 16.9 Å². The largest absolute Gasteiger partial charge is 0.479 e. The minimum absolute atomic E-state index is 0.0944. The number of hydrogen-bond acceptors (Lipinski definition) is 5. The predicted molar refractivity (Wildman–Crippen MR) is 58.0 cm³/mol. The molecule has 1 rings (SSSR count). The zero-order valence-electron chi connectivity index (χ0n) is 9.36. The maximum absolute atomic E-state index is 5.76. The monoisotopic (exact) mass is 211 g/mol. The topological polar surface area (TPSA) is 70.3 Å². The number of hydrogen-bond donors (Lipinski definition) is 1. The minimum atomic E-state index is 0.0944. The lowest BCUT2D eigenvalue weighted by atomic mass is 10.2. The number of nitrogens with two attached hydrogens (primary N) is 1. The second-order valence-corrected chi connectivity index (χ2v) is 3.32. The van der Waals surface area contributed by atoms with Crippen LogP contribution in [0.2, 0.25) is 0 Å². The van der Waals surface area contributed by atoms with Gasteiger partial charge >= 0.3 is 0 Å². The Kier molecular flexibility index (Phi) is 4.15. The predicted octanol–water partition coefficient (Wildman–Crippen LogP) is 1.63. The van der Waals surface area contributed by atoms with Crippen LogP contribution in [0.4, 0.5) is 5.69 Å². The molecule has 1 atom stereocenters.